The van der Waals surface area contributed by atoms with Crippen molar-refractivity contribution >= 4 is 33.2 Å². The Labute approximate surface area is 129 Å². The average molecular weight is 311 g/mol. The summed E-state index contributed by atoms with van der Waals surface area (Å²) < 4.78 is 1.84. The van der Waals surface area contributed by atoms with E-state index >= 15 is 0 Å². The fraction of sp³-hybridized carbons (Fsp3) is 0.133. The van der Waals surface area contributed by atoms with Gasteiger partial charge in [-0.05, 0) is 19.1 Å². The zero-order valence-electron chi connectivity index (χ0n) is 11.8. The molecule has 4 rings (SSSR count). The summed E-state index contributed by atoms with van der Waals surface area (Å²) in [6, 6.07) is 7.57. The van der Waals surface area contributed by atoms with Crippen LogP contribution in [-0.4, -0.2) is 25.3 Å². The van der Waals surface area contributed by atoms with Gasteiger partial charge in [0.05, 0.1) is 17.1 Å². The Morgan fingerprint density at radius 3 is 3.05 bits per heavy atom. The van der Waals surface area contributed by atoms with Crippen molar-refractivity contribution < 1.29 is 4.79 Å². The van der Waals surface area contributed by atoms with Crippen LogP contribution >= 0.6 is 11.3 Å². The predicted octanol–water partition coefficient (Wildman–Crippen LogP) is 2.76. The molecule has 22 heavy (non-hydrogen) atoms. The summed E-state index contributed by atoms with van der Waals surface area (Å²) in [4.78, 5) is 25.1. The third-order valence-electron chi connectivity index (χ3n) is 3.49. The van der Waals surface area contributed by atoms with Gasteiger partial charge < -0.3 is 10.3 Å². The molecule has 110 valence electrons. The minimum atomic E-state index is -0.223. The lowest BCUT2D eigenvalue weighted by atomic mass is 10.3. The molecule has 0 aliphatic carbocycles. The lowest BCUT2D eigenvalue weighted by molar-refractivity contribution is 0.0934. The molecular weight excluding hydrogens is 298 g/mol. The molecule has 2 N–H and O–H groups in total. The number of rotatable bonds is 3. The fourth-order valence-corrected chi connectivity index (χ4v) is 3.05. The number of amides is 1. The minimum absolute atomic E-state index is 0.205. The van der Waals surface area contributed by atoms with Crippen LogP contribution in [0, 0.1) is 0 Å². The van der Waals surface area contributed by atoms with Crippen molar-refractivity contribution in [3.05, 3.63) is 53.6 Å². The third-order valence-corrected chi connectivity index (χ3v) is 4.26. The summed E-state index contributed by atoms with van der Waals surface area (Å²) in [5.41, 5.74) is 2.26. The van der Waals surface area contributed by atoms with Crippen molar-refractivity contribution in [3.63, 3.8) is 0 Å². The van der Waals surface area contributed by atoms with Crippen LogP contribution in [0.4, 0.5) is 0 Å². The van der Waals surface area contributed by atoms with Gasteiger partial charge in [0.2, 0.25) is 0 Å². The summed E-state index contributed by atoms with van der Waals surface area (Å²) in [5.74, 6) is 0.527. The van der Waals surface area contributed by atoms with Gasteiger partial charge in [-0.2, -0.15) is 0 Å². The molecule has 1 aromatic carbocycles. The molecule has 0 aliphatic rings. The first-order valence-electron chi connectivity index (χ1n) is 6.88. The maximum absolute atomic E-state index is 12.3. The van der Waals surface area contributed by atoms with E-state index < -0.39 is 0 Å². The Hall–Kier alpha value is -2.67. The van der Waals surface area contributed by atoms with Gasteiger partial charge in [-0.15, -0.1) is 11.3 Å². The van der Waals surface area contributed by atoms with Crippen molar-refractivity contribution in [2.45, 2.75) is 13.0 Å². The number of aromatic amines is 1. The molecule has 3 heterocycles. The number of thiazole rings is 1. The highest BCUT2D eigenvalue weighted by Crippen LogP contribution is 2.16. The summed E-state index contributed by atoms with van der Waals surface area (Å²) in [5, 5.41) is 4.85. The molecule has 0 spiro atoms. The molecule has 3 aromatic heterocycles. The molecule has 1 atom stereocenters. The van der Waals surface area contributed by atoms with E-state index in [1.54, 1.807) is 6.20 Å². The number of para-hydroxylation sites is 2. The van der Waals surface area contributed by atoms with Gasteiger partial charge in [-0.1, -0.05) is 12.1 Å². The molecule has 0 unspecified atom stereocenters. The Kier molecular flexibility index (Phi) is 2.93. The maximum Gasteiger partial charge on any atom is 0.272 e. The highest BCUT2D eigenvalue weighted by Gasteiger charge is 2.17. The third kappa shape index (κ3) is 2.15. The Morgan fingerprint density at radius 2 is 2.23 bits per heavy atom. The number of fused-ring (bicyclic) bond motifs is 2. The van der Waals surface area contributed by atoms with Gasteiger partial charge >= 0.3 is 0 Å². The number of carbonyl (C=O) groups excluding carboxylic acids is 1. The van der Waals surface area contributed by atoms with E-state index in [4.69, 9.17) is 0 Å². The second-order valence-corrected chi connectivity index (χ2v) is 5.93. The number of hydrogen-bond donors (Lipinski definition) is 2. The first-order chi connectivity index (χ1) is 10.7. The van der Waals surface area contributed by atoms with Gasteiger partial charge in [0.25, 0.3) is 5.91 Å². The van der Waals surface area contributed by atoms with E-state index in [0.717, 1.165) is 21.8 Å². The number of aromatic nitrogens is 4. The average Bonchev–Trinajstić information content (AvgIpc) is 3.20. The maximum atomic E-state index is 12.3. The Balaban J connectivity index is 1.56. The number of nitrogens with one attached hydrogen (secondary N) is 2. The zero-order valence-corrected chi connectivity index (χ0v) is 12.6. The highest BCUT2D eigenvalue weighted by atomic mass is 32.1. The van der Waals surface area contributed by atoms with Crippen molar-refractivity contribution in [2.75, 3.05) is 0 Å². The molecule has 1 amide bonds. The normalized spacial score (nSPS) is 12.8. The van der Waals surface area contributed by atoms with Crippen LogP contribution in [0.2, 0.25) is 0 Å². The molecule has 0 radical (unpaired) electrons. The van der Waals surface area contributed by atoms with Crippen molar-refractivity contribution in [1.82, 2.24) is 24.7 Å². The number of nitrogens with zero attached hydrogens (tertiary/aromatic N) is 3. The van der Waals surface area contributed by atoms with Crippen LogP contribution in [0.1, 0.15) is 29.3 Å². The molecule has 4 aromatic rings. The van der Waals surface area contributed by atoms with Crippen LogP contribution in [0.5, 0.6) is 0 Å². The number of imidazole rings is 2. The van der Waals surface area contributed by atoms with Crippen molar-refractivity contribution in [1.29, 1.82) is 0 Å². The molecule has 0 saturated heterocycles. The minimum Gasteiger partial charge on any atom is -0.341 e. The van der Waals surface area contributed by atoms with Crippen molar-refractivity contribution in [2.24, 2.45) is 0 Å². The van der Waals surface area contributed by atoms with Gasteiger partial charge in [0.15, 0.2) is 4.96 Å². The van der Waals surface area contributed by atoms with E-state index in [1.165, 1.54) is 11.3 Å². The summed E-state index contributed by atoms with van der Waals surface area (Å²) in [6.45, 7) is 1.90. The second kappa shape index (κ2) is 4.96. The van der Waals surface area contributed by atoms with Crippen molar-refractivity contribution in [3.8, 4) is 0 Å². The lowest BCUT2D eigenvalue weighted by Gasteiger charge is -2.09. The summed E-state index contributed by atoms with van der Waals surface area (Å²) in [6.07, 6.45) is 3.61. The quantitative estimate of drug-likeness (QED) is 0.611. The number of carbonyl (C=O) groups is 1. The van der Waals surface area contributed by atoms with Crippen LogP contribution in [-0.2, 0) is 0 Å². The first-order valence-corrected chi connectivity index (χ1v) is 7.76. The van der Waals surface area contributed by atoms with Gasteiger partial charge in [-0.3, -0.25) is 9.20 Å². The van der Waals surface area contributed by atoms with E-state index in [1.807, 2.05) is 47.2 Å². The molecule has 0 bridgehead atoms. The topological polar surface area (TPSA) is 75.1 Å². The molecular formula is C15H13N5OS. The van der Waals surface area contributed by atoms with E-state index in [-0.39, 0.29) is 11.9 Å². The largest absolute Gasteiger partial charge is 0.341 e. The lowest BCUT2D eigenvalue weighted by Crippen LogP contribution is -2.27. The van der Waals surface area contributed by atoms with Gasteiger partial charge in [0, 0.05) is 17.8 Å². The monoisotopic (exact) mass is 311 g/mol. The molecule has 0 fully saturated rings. The highest BCUT2D eigenvalue weighted by molar-refractivity contribution is 7.15. The smallest absolute Gasteiger partial charge is 0.272 e. The van der Waals surface area contributed by atoms with Crippen LogP contribution < -0.4 is 5.32 Å². The molecule has 0 aliphatic heterocycles. The first kappa shape index (κ1) is 13.0. The fourth-order valence-electron chi connectivity index (χ4n) is 2.35. The van der Waals surface area contributed by atoms with Gasteiger partial charge in [-0.25, -0.2) is 9.97 Å². The Bertz CT molecular complexity index is 905. The molecule has 7 heteroatoms. The second-order valence-electron chi connectivity index (χ2n) is 5.05. The standard InChI is InChI=1S/C15H13N5OS/c1-9(13-17-10-4-2-3-5-11(10)18-13)16-14(21)12-8-20-6-7-22-15(20)19-12/h2-9H,1H3,(H,16,21)(H,17,18)/t9-/m0/s1. The SMILES string of the molecule is C[C@H](NC(=O)c1cn2ccsc2n1)c1nc2ccccc2[nH]1. The van der Waals surface area contributed by atoms with Gasteiger partial charge in [0.1, 0.15) is 11.5 Å². The summed E-state index contributed by atoms with van der Waals surface area (Å²) >= 11 is 1.50. The van der Waals surface area contributed by atoms with Crippen LogP contribution in [0.25, 0.3) is 16.0 Å². The number of benzene rings is 1. The number of H-pyrrole nitrogens is 1. The van der Waals surface area contributed by atoms with E-state index in [0.29, 0.717) is 5.69 Å². The van der Waals surface area contributed by atoms with Crippen LogP contribution in [0.15, 0.2) is 42.0 Å². The Morgan fingerprint density at radius 1 is 1.36 bits per heavy atom. The van der Waals surface area contributed by atoms with E-state index in [2.05, 4.69) is 20.3 Å². The predicted molar refractivity (Wildman–Crippen MR) is 85.0 cm³/mol. The summed E-state index contributed by atoms with van der Waals surface area (Å²) in [7, 11) is 0. The van der Waals surface area contributed by atoms with Crippen LogP contribution in [0.3, 0.4) is 0 Å². The number of hydrogen-bond acceptors (Lipinski definition) is 4. The molecule has 0 saturated carbocycles. The van der Waals surface area contributed by atoms with E-state index in [9.17, 15) is 4.79 Å². The molecule has 6 nitrogen and oxygen atoms in total. The zero-order chi connectivity index (χ0) is 15.1.